The first-order chi connectivity index (χ1) is 14.7. The summed E-state index contributed by atoms with van der Waals surface area (Å²) >= 11 is 3.69. The number of anilines is 1. The van der Waals surface area contributed by atoms with Crippen LogP contribution in [-0.2, 0) is 19.5 Å². The van der Waals surface area contributed by atoms with Crippen molar-refractivity contribution in [3.8, 4) is 0 Å². The van der Waals surface area contributed by atoms with E-state index in [2.05, 4.69) is 60.4 Å². The van der Waals surface area contributed by atoms with Gasteiger partial charge in [-0.2, -0.15) is 0 Å². The molecule has 0 radical (unpaired) electrons. The molecule has 7 rings (SSSR count). The summed E-state index contributed by atoms with van der Waals surface area (Å²) in [4.78, 5) is 11.8. The van der Waals surface area contributed by atoms with Crippen molar-refractivity contribution in [2.75, 3.05) is 18.4 Å². The van der Waals surface area contributed by atoms with Crippen molar-refractivity contribution >= 4 is 21.7 Å². The molecule has 30 heavy (non-hydrogen) atoms. The van der Waals surface area contributed by atoms with Gasteiger partial charge in [0.2, 0.25) is 0 Å². The first-order valence-corrected chi connectivity index (χ1v) is 12.5. The van der Waals surface area contributed by atoms with E-state index in [9.17, 15) is 0 Å². The average Bonchev–Trinajstić information content (AvgIpc) is 2.73. The molecule has 4 fully saturated rings. The van der Waals surface area contributed by atoms with Crippen LogP contribution < -0.4 is 5.32 Å². The molecule has 4 saturated carbocycles. The summed E-state index contributed by atoms with van der Waals surface area (Å²) in [5.74, 6) is 4.12. The molecule has 2 aromatic rings. The summed E-state index contributed by atoms with van der Waals surface area (Å²) in [7, 11) is 0. The van der Waals surface area contributed by atoms with Crippen molar-refractivity contribution < 1.29 is 0 Å². The fourth-order valence-corrected chi connectivity index (χ4v) is 7.75. The second-order valence-electron chi connectivity index (χ2n) is 10.5. The van der Waals surface area contributed by atoms with Gasteiger partial charge in [0.25, 0.3) is 0 Å². The van der Waals surface area contributed by atoms with Gasteiger partial charge in [0.1, 0.15) is 12.1 Å². The Kier molecular flexibility index (Phi) is 4.87. The minimum Gasteiger partial charge on any atom is -0.369 e. The molecule has 1 N–H and O–H groups in total. The molecule has 5 heteroatoms. The van der Waals surface area contributed by atoms with E-state index in [-0.39, 0.29) is 0 Å². The number of hydrogen-bond acceptors (Lipinski definition) is 4. The highest BCUT2D eigenvalue weighted by Crippen LogP contribution is 2.59. The maximum absolute atomic E-state index is 4.68. The molecule has 0 unspecified atom stereocenters. The van der Waals surface area contributed by atoms with E-state index in [4.69, 9.17) is 0 Å². The largest absolute Gasteiger partial charge is 0.369 e. The average molecular weight is 467 g/mol. The molecule has 2 heterocycles. The summed E-state index contributed by atoms with van der Waals surface area (Å²) in [5.41, 5.74) is 4.43. The summed E-state index contributed by atoms with van der Waals surface area (Å²) in [6.45, 7) is 4.04. The van der Waals surface area contributed by atoms with Gasteiger partial charge in [0, 0.05) is 36.2 Å². The molecule has 0 atom stereocenters. The van der Waals surface area contributed by atoms with Crippen LogP contribution >= 0.6 is 15.9 Å². The number of nitrogens with one attached hydrogen (secondary N) is 1. The minimum absolute atomic E-state index is 0.535. The standard InChI is InChI=1S/C25H31BrN4/c26-22-4-2-1-3-20(22)13-30-6-5-21-23(14-30)28-16-29-24(21)27-15-25-10-17-7-18(11-25)9-19(8-17)12-25/h1-4,16-19H,5-15H2,(H,27,28,29). The van der Waals surface area contributed by atoms with Crippen molar-refractivity contribution in [1.29, 1.82) is 0 Å². The van der Waals surface area contributed by atoms with Gasteiger partial charge in [-0.15, -0.1) is 0 Å². The second kappa shape index (κ2) is 7.59. The Morgan fingerprint density at radius 1 is 1.03 bits per heavy atom. The lowest BCUT2D eigenvalue weighted by atomic mass is 9.49. The molecule has 0 saturated heterocycles. The SMILES string of the molecule is Brc1ccccc1CN1CCc2c(ncnc2NCC23CC4CC(CC(C4)C2)C3)C1. The van der Waals surface area contributed by atoms with E-state index < -0.39 is 0 Å². The molecular formula is C25H31BrN4. The molecule has 0 amide bonds. The number of rotatable bonds is 5. The lowest BCUT2D eigenvalue weighted by Gasteiger charge is -2.57. The van der Waals surface area contributed by atoms with Gasteiger partial charge in [-0.25, -0.2) is 9.97 Å². The molecule has 4 bridgehead atoms. The zero-order valence-electron chi connectivity index (χ0n) is 17.6. The first kappa shape index (κ1) is 19.2. The van der Waals surface area contributed by atoms with E-state index >= 15 is 0 Å². The van der Waals surface area contributed by atoms with E-state index in [1.807, 2.05) is 0 Å². The van der Waals surface area contributed by atoms with Gasteiger partial charge in [0.05, 0.1) is 5.69 Å². The topological polar surface area (TPSA) is 41.1 Å². The van der Waals surface area contributed by atoms with Gasteiger partial charge >= 0.3 is 0 Å². The van der Waals surface area contributed by atoms with Crippen LogP contribution in [0.15, 0.2) is 35.1 Å². The zero-order valence-corrected chi connectivity index (χ0v) is 19.2. The summed E-state index contributed by atoms with van der Waals surface area (Å²) < 4.78 is 1.19. The van der Waals surface area contributed by atoms with Crippen LogP contribution in [0.2, 0.25) is 0 Å². The highest BCUT2D eigenvalue weighted by atomic mass is 79.9. The molecule has 1 aromatic heterocycles. The maximum Gasteiger partial charge on any atom is 0.132 e. The second-order valence-corrected chi connectivity index (χ2v) is 11.3. The number of aromatic nitrogens is 2. The Balaban J connectivity index is 1.15. The number of halogens is 1. The highest BCUT2D eigenvalue weighted by Gasteiger charge is 2.50. The number of nitrogens with zero attached hydrogens (tertiary/aromatic N) is 3. The van der Waals surface area contributed by atoms with E-state index in [0.29, 0.717) is 5.41 Å². The van der Waals surface area contributed by atoms with Crippen LogP contribution in [0.3, 0.4) is 0 Å². The maximum atomic E-state index is 4.68. The molecule has 4 aliphatic carbocycles. The Bertz CT molecular complexity index is 907. The predicted octanol–water partition coefficient (Wildman–Crippen LogP) is 5.43. The molecule has 158 valence electrons. The van der Waals surface area contributed by atoms with Gasteiger partial charge < -0.3 is 5.32 Å². The summed E-state index contributed by atoms with van der Waals surface area (Å²) in [6.07, 6.45) is 11.7. The van der Waals surface area contributed by atoms with E-state index in [1.165, 1.54) is 59.8 Å². The fourth-order valence-electron chi connectivity index (χ4n) is 7.34. The van der Waals surface area contributed by atoms with Crippen LogP contribution in [0.1, 0.15) is 55.3 Å². The van der Waals surface area contributed by atoms with Crippen molar-refractivity contribution in [2.45, 2.75) is 58.0 Å². The van der Waals surface area contributed by atoms with Crippen LogP contribution in [-0.4, -0.2) is 28.0 Å². The summed E-state index contributed by atoms with van der Waals surface area (Å²) in [5, 5.41) is 3.83. The Labute approximate surface area is 188 Å². The predicted molar refractivity (Wildman–Crippen MR) is 123 cm³/mol. The quantitative estimate of drug-likeness (QED) is 0.637. The molecule has 5 aliphatic rings. The molecule has 0 spiro atoms. The third-order valence-corrected chi connectivity index (χ3v) is 9.01. The van der Waals surface area contributed by atoms with Crippen molar-refractivity contribution in [3.63, 3.8) is 0 Å². The number of hydrogen-bond donors (Lipinski definition) is 1. The Hall–Kier alpha value is -1.46. The summed E-state index contributed by atoms with van der Waals surface area (Å²) in [6, 6.07) is 8.53. The molecule has 1 aromatic carbocycles. The van der Waals surface area contributed by atoms with Gasteiger partial charge in [-0.3, -0.25) is 4.90 Å². The third kappa shape index (κ3) is 3.58. The van der Waals surface area contributed by atoms with Gasteiger partial charge in [-0.1, -0.05) is 34.1 Å². The molecular weight excluding hydrogens is 436 g/mol. The molecule has 1 aliphatic heterocycles. The normalized spacial score (nSPS) is 32.2. The lowest BCUT2D eigenvalue weighted by molar-refractivity contribution is -0.0444. The highest BCUT2D eigenvalue weighted by molar-refractivity contribution is 9.10. The smallest absolute Gasteiger partial charge is 0.132 e. The van der Waals surface area contributed by atoms with Crippen molar-refractivity contribution in [2.24, 2.45) is 23.2 Å². The fraction of sp³-hybridized carbons (Fsp3) is 0.600. The monoisotopic (exact) mass is 466 g/mol. The Morgan fingerprint density at radius 2 is 1.77 bits per heavy atom. The number of benzene rings is 1. The van der Waals surface area contributed by atoms with Crippen molar-refractivity contribution in [1.82, 2.24) is 14.9 Å². The Morgan fingerprint density at radius 3 is 2.50 bits per heavy atom. The van der Waals surface area contributed by atoms with E-state index in [0.717, 1.165) is 56.2 Å². The van der Waals surface area contributed by atoms with Crippen LogP contribution in [0, 0.1) is 23.2 Å². The van der Waals surface area contributed by atoms with Crippen molar-refractivity contribution in [3.05, 3.63) is 51.9 Å². The van der Waals surface area contributed by atoms with E-state index in [1.54, 1.807) is 6.33 Å². The molecule has 4 nitrogen and oxygen atoms in total. The van der Waals surface area contributed by atoms with Crippen LogP contribution in [0.5, 0.6) is 0 Å². The van der Waals surface area contributed by atoms with Crippen LogP contribution in [0.25, 0.3) is 0 Å². The minimum atomic E-state index is 0.535. The lowest BCUT2D eigenvalue weighted by Crippen LogP contribution is -2.49. The first-order valence-electron chi connectivity index (χ1n) is 11.7. The number of fused-ring (bicyclic) bond motifs is 1. The third-order valence-electron chi connectivity index (χ3n) is 8.23. The van der Waals surface area contributed by atoms with Gasteiger partial charge in [-0.05, 0) is 79.7 Å². The zero-order chi connectivity index (χ0) is 20.1. The van der Waals surface area contributed by atoms with Gasteiger partial charge in [0.15, 0.2) is 0 Å². The van der Waals surface area contributed by atoms with Crippen LogP contribution in [0.4, 0.5) is 5.82 Å².